The lowest BCUT2D eigenvalue weighted by Gasteiger charge is -2.07. The molecule has 0 saturated carbocycles. The molecule has 5 heteroatoms. The lowest BCUT2D eigenvalue weighted by atomic mass is 10.2. The maximum absolute atomic E-state index is 9.00. The average Bonchev–Trinajstić information content (AvgIpc) is 2.84. The summed E-state index contributed by atoms with van der Waals surface area (Å²) in [6.45, 7) is 0.778. The Kier molecular flexibility index (Phi) is 4.13. The number of anilines is 1. The topological polar surface area (TPSA) is 48.7 Å². The lowest BCUT2D eigenvalue weighted by molar-refractivity contribution is 0.976. The Hall–Kier alpha value is -1.38. The zero-order chi connectivity index (χ0) is 12.1. The first-order valence-corrected chi connectivity index (χ1v) is 6.84. The van der Waals surface area contributed by atoms with Crippen molar-refractivity contribution in [1.29, 1.82) is 5.26 Å². The van der Waals surface area contributed by atoms with Crippen LogP contribution in [-0.2, 0) is 6.42 Å². The van der Waals surface area contributed by atoms with Gasteiger partial charge in [-0.1, -0.05) is 15.9 Å². The highest BCUT2D eigenvalue weighted by Gasteiger charge is 2.02. The summed E-state index contributed by atoms with van der Waals surface area (Å²) >= 11 is 4.95. The molecule has 0 bridgehead atoms. The Bertz CT molecular complexity index is 531. The first-order chi connectivity index (χ1) is 8.29. The predicted octanol–water partition coefficient (Wildman–Crippen LogP) is 3.43. The van der Waals surface area contributed by atoms with Gasteiger partial charge in [-0.3, -0.25) is 0 Å². The summed E-state index contributed by atoms with van der Waals surface area (Å²) in [7, 11) is 0. The van der Waals surface area contributed by atoms with E-state index in [1.54, 1.807) is 11.3 Å². The van der Waals surface area contributed by atoms with E-state index in [9.17, 15) is 0 Å². The second-order valence-electron chi connectivity index (χ2n) is 3.46. The van der Waals surface area contributed by atoms with E-state index in [1.807, 2.05) is 29.1 Å². The van der Waals surface area contributed by atoms with E-state index in [-0.39, 0.29) is 0 Å². The predicted molar refractivity (Wildman–Crippen MR) is 73.2 cm³/mol. The fourth-order valence-corrected chi connectivity index (χ4v) is 2.40. The van der Waals surface area contributed by atoms with E-state index in [4.69, 9.17) is 5.26 Å². The molecule has 0 aliphatic carbocycles. The molecule has 1 N–H and O–H groups in total. The molecule has 2 rings (SSSR count). The summed E-state index contributed by atoms with van der Waals surface area (Å²) in [6, 6.07) is 7.81. The van der Waals surface area contributed by atoms with Crippen molar-refractivity contribution in [3.05, 3.63) is 44.8 Å². The SMILES string of the molecule is N#Cc1cc(Br)ccc1NCCc1cscn1. The van der Waals surface area contributed by atoms with Gasteiger partial charge in [-0.05, 0) is 18.2 Å². The molecule has 0 spiro atoms. The molecule has 0 aliphatic heterocycles. The Morgan fingerprint density at radius 1 is 1.47 bits per heavy atom. The van der Waals surface area contributed by atoms with E-state index in [1.165, 1.54) is 0 Å². The smallest absolute Gasteiger partial charge is 0.101 e. The third kappa shape index (κ3) is 3.29. The Balaban J connectivity index is 1.97. The van der Waals surface area contributed by atoms with Crippen molar-refractivity contribution in [2.75, 3.05) is 11.9 Å². The quantitative estimate of drug-likeness (QED) is 0.941. The summed E-state index contributed by atoms with van der Waals surface area (Å²) in [4.78, 5) is 4.21. The number of hydrogen-bond acceptors (Lipinski definition) is 4. The minimum Gasteiger partial charge on any atom is -0.384 e. The molecule has 1 aromatic carbocycles. The van der Waals surface area contributed by atoms with Gasteiger partial charge in [0.1, 0.15) is 6.07 Å². The standard InChI is InChI=1S/C12H10BrN3S/c13-10-1-2-12(9(5-10)6-14)15-4-3-11-7-17-8-16-11/h1-2,5,7-8,15H,3-4H2. The molecule has 0 aliphatic rings. The summed E-state index contributed by atoms with van der Waals surface area (Å²) in [6.07, 6.45) is 0.866. The zero-order valence-corrected chi connectivity index (χ0v) is 11.4. The van der Waals surface area contributed by atoms with Crippen LogP contribution in [0.3, 0.4) is 0 Å². The minimum atomic E-state index is 0.651. The van der Waals surface area contributed by atoms with Crippen LogP contribution in [0.25, 0.3) is 0 Å². The first-order valence-electron chi connectivity index (χ1n) is 5.10. The largest absolute Gasteiger partial charge is 0.384 e. The molecular weight excluding hydrogens is 298 g/mol. The van der Waals surface area contributed by atoms with Crippen LogP contribution in [0.1, 0.15) is 11.3 Å². The summed E-state index contributed by atoms with van der Waals surface area (Å²) < 4.78 is 0.916. The van der Waals surface area contributed by atoms with Crippen LogP contribution in [0.5, 0.6) is 0 Å². The zero-order valence-electron chi connectivity index (χ0n) is 8.98. The van der Waals surface area contributed by atoms with Crippen molar-refractivity contribution in [3.8, 4) is 6.07 Å². The number of nitrogens with zero attached hydrogens (tertiary/aromatic N) is 2. The van der Waals surface area contributed by atoms with Crippen molar-refractivity contribution in [1.82, 2.24) is 4.98 Å². The molecule has 1 aromatic heterocycles. The van der Waals surface area contributed by atoms with E-state index >= 15 is 0 Å². The monoisotopic (exact) mass is 307 g/mol. The maximum atomic E-state index is 9.00. The van der Waals surface area contributed by atoms with Gasteiger partial charge in [0, 0.05) is 22.8 Å². The molecule has 0 atom stereocenters. The summed E-state index contributed by atoms with van der Waals surface area (Å²) in [5, 5.41) is 14.3. The van der Waals surface area contributed by atoms with Crippen molar-refractivity contribution in [3.63, 3.8) is 0 Å². The van der Waals surface area contributed by atoms with E-state index in [0.717, 1.165) is 28.8 Å². The van der Waals surface area contributed by atoms with E-state index in [0.29, 0.717) is 5.56 Å². The summed E-state index contributed by atoms with van der Waals surface area (Å²) in [5.41, 5.74) is 4.43. The Labute approximate surface area is 112 Å². The van der Waals surface area contributed by atoms with E-state index in [2.05, 4.69) is 32.3 Å². The number of hydrogen-bond donors (Lipinski definition) is 1. The molecule has 0 fully saturated rings. The average molecular weight is 308 g/mol. The normalized spacial score (nSPS) is 9.88. The van der Waals surface area contributed by atoms with Crippen LogP contribution < -0.4 is 5.32 Å². The fourth-order valence-electron chi connectivity index (χ4n) is 1.45. The van der Waals surface area contributed by atoms with Crippen LogP contribution in [0.15, 0.2) is 33.6 Å². The molecule has 0 radical (unpaired) electrons. The molecule has 0 unspecified atom stereocenters. The third-order valence-corrected chi connectivity index (χ3v) is 3.41. The van der Waals surface area contributed by atoms with Gasteiger partial charge in [-0.2, -0.15) is 5.26 Å². The third-order valence-electron chi connectivity index (χ3n) is 2.28. The second-order valence-corrected chi connectivity index (χ2v) is 5.09. The van der Waals surface area contributed by atoms with Crippen LogP contribution in [0.4, 0.5) is 5.69 Å². The number of thiazole rings is 1. The van der Waals surface area contributed by atoms with Crippen LogP contribution in [0.2, 0.25) is 0 Å². The molecule has 17 heavy (non-hydrogen) atoms. The fraction of sp³-hybridized carbons (Fsp3) is 0.167. The summed E-state index contributed by atoms with van der Waals surface area (Å²) in [5.74, 6) is 0. The van der Waals surface area contributed by atoms with Crippen molar-refractivity contribution < 1.29 is 0 Å². The number of aromatic nitrogens is 1. The Morgan fingerprint density at radius 2 is 2.35 bits per heavy atom. The van der Waals surface area contributed by atoms with Gasteiger partial charge >= 0.3 is 0 Å². The van der Waals surface area contributed by atoms with E-state index < -0.39 is 0 Å². The van der Waals surface area contributed by atoms with Gasteiger partial charge in [-0.15, -0.1) is 11.3 Å². The van der Waals surface area contributed by atoms with Crippen molar-refractivity contribution in [2.45, 2.75) is 6.42 Å². The van der Waals surface area contributed by atoms with Gasteiger partial charge in [0.2, 0.25) is 0 Å². The van der Waals surface area contributed by atoms with Crippen LogP contribution in [-0.4, -0.2) is 11.5 Å². The number of benzene rings is 1. The van der Waals surface area contributed by atoms with Gasteiger partial charge in [0.05, 0.1) is 22.5 Å². The molecule has 0 saturated heterocycles. The van der Waals surface area contributed by atoms with Crippen molar-refractivity contribution >= 4 is 33.0 Å². The number of rotatable bonds is 4. The highest BCUT2D eigenvalue weighted by atomic mass is 79.9. The molecule has 0 amide bonds. The number of nitrogens with one attached hydrogen (secondary N) is 1. The number of halogens is 1. The van der Waals surface area contributed by atoms with Gasteiger partial charge in [-0.25, -0.2) is 4.98 Å². The molecule has 3 nitrogen and oxygen atoms in total. The van der Waals surface area contributed by atoms with Gasteiger partial charge < -0.3 is 5.32 Å². The van der Waals surface area contributed by atoms with Gasteiger partial charge in [0.25, 0.3) is 0 Å². The molecule has 1 heterocycles. The lowest BCUT2D eigenvalue weighted by Crippen LogP contribution is -2.06. The van der Waals surface area contributed by atoms with Crippen molar-refractivity contribution in [2.24, 2.45) is 0 Å². The molecule has 86 valence electrons. The first kappa shape index (κ1) is 12.1. The molecule has 2 aromatic rings. The highest BCUT2D eigenvalue weighted by Crippen LogP contribution is 2.20. The van der Waals surface area contributed by atoms with Crippen LogP contribution in [0, 0.1) is 11.3 Å². The molecular formula is C12H10BrN3S. The highest BCUT2D eigenvalue weighted by molar-refractivity contribution is 9.10. The number of nitriles is 1. The Morgan fingerprint density at radius 3 is 3.06 bits per heavy atom. The maximum Gasteiger partial charge on any atom is 0.101 e. The second kappa shape index (κ2) is 5.80. The minimum absolute atomic E-state index is 0.651. The van der Waals surface area contributed by atoms with Gasteiger partial charge in [0.15, 0.2) is 0 Å². The van der Waals surface area contributed by atoms with Crippen LogP contribution >= 0.6 is 27.3 Å².